The molecule has 3 aliphatic rings. The Balaban J connectivity index is 1.98. The topological polar surface area (TPSA) is 130 Å². The molecule has 0 radical (unpaired) electrons. The van der Waals surface area contributed by atoms with Gasteiger partial charge in [0.25, 0.3) is 0 Å². The fourth-order valence-corrected chi connectivity index (χ4v) is 7.39. The molecule has 47 heavy (non-hydrogen) atoms. The van der Waals surface area contributed by atoms with Crippen LogP contribution >= 0.6 is 0 Å². The predicted molar refractivity (Wildman–Crippen MR) is 181 cm³/mol. The minimum absolute atomic E-state index is 0.0820. The molecule has 1 fully saturated rings. The van der Waals surface area contributed by atoms with E-state index in [0.29, 0.717) is 30.7 Å². The zero-order chi connectivity index (χ0) is 34.2. The molecule has 1 amide bonds. The average molecular weight is 655 g/mol. The van der Waals surface area contributed by atoms with Gasteiger partial charge in [-0.25, -0.2) is 4.79 Å². The number of ether oxygens (including phenoxy) is 3. The number of aliphatic hydroxyl groups is 2. The molecule has 4 rings (SSSR count). The molecule has 0 saturated heterocycles. The number of oxime groups is 1. The second-order valence-electron chi connectivity index (χ2n) is 13.8. The molecule has 1 aliphatic heterocycles. The molecule has 10 heteroatoms. The monoisotopic (exact) mass is 654 g/mol. The minimum atomic E-state index is -1.35. The molecule has 2 aliphatic carbocycles. The zero-order valence-corrected chi connectivity index (χ0v) is 28.5. The molecule has 1 aromatic carbocycles. The summed E-state index contributed by atoms with van der Waals surface area (Å²) in [4.78, 5) is 21.2. The van der Waals surface area contributed by atoms with Crippen molar-refractivity contribution in [2.75, 3.05) is 33.5 Å². The van der Waals surface area contributed by atoms with Crippen molar-refractivity contribution >= 4 is 11.8 Å². The van der Waals surface area contributed by atoms with Crippen molar-refractivity contribution < 1.29 is 39.2 Å². The molecule has 260 valence electrons. The van der Waals surface area contributed by atoms with Crippen molar-refractivity contribution in [3.05, 3.63) is 60.7 Å². The van der Waals surface area contributed by atoms with E-state index in [0.717, 1.165) is 36.8 Å². The highest BCUT2D eigenvalue weighted by Crippen LogP contribution is 2.61. The number of rotatable bonds is 16. The van der Waals surface area contributed by atoms with Crippen molar-refractivity contribution in [1.82, 2.24) is 4.90 Å². The van der Waals surface area contributed by atoms with Gasteiger partial charge in [-0.1, -0.05) is 36.2 Å². The van der Waals surface area contributed by atoms with E-state index in [9.17, 15) is 20.1 Å². The van der Waals surface area contributed by atoms with Gasteiger partial charge in [0.2, 0.25) is 5.79 Å². The number of benzene rings is 1. The molecule has 1 heterocycles. The highest BCUT2D eigenvalue weighted by molar-refractivity contribution is 6.02. The highest BCUT2D eigenvalue weighted by atomic mass is 16.7. The van der Waals surface area contributed by atoms with Gasteiger partial charge in [-0.3, -0.25) is 0 Å². The third-order valence-corrected chi connectivity index (χ3v) is 9.39. The molecule has 0 bridgehead atoms. The van der Waals surface area contributed by atoms with E-state index in [2.05, 4.69) is 19.2 Å². The lowest BCUT2D eigenvalue weighted by Gasteiger charge is -2.59. The normalized spacial score (nSPS) is 27.1. The van der Waals surface area contributed by atoms with E-state index in [1.54, 1.807) is 42.3 Å². The van der Waals surface area contributed by atoms with Gasteiger partial charge in [-0.05, 0) is 88.5 Å². The molecular weight excluding hydrogens is 600 g/mol. The Labute approximate surface area is 279 Å². The first kappa shape index (κ1) is 36.5. The van der Waals surface area contributed by atoms with Crippen LogP contribution in [0.4, 0.5) is 4.79 Å². The van der Waals surface area contributed by atoms with Gasteiger partial charge in [-0.15, -0.1) is 13.2 Å². The first-order valence-electron chi connectivity index (χ1n) is 17.0. The number of aromatic hydroxyl groups is 1. The Morgan fingerprint density at radius 1 is 1.13 bits per heavy atom. The molecule has 1 aromatic rings. The number of amides is 1. The van der Waals surface area contributed by atoms with Crippen molar-refractivity contribution in [3.63, 3.8) is 0 Å². The SMILES string of the molecule is C=CCCOC(=O)N(C)[C@H]1CC(=NOC(C)(C)C)C2=C[C@H](CCCCO)[C@@H](CCCCO)[C@@H]3c4cc(O)ccc4O[C@@]1(OCC=C)[C@H]23. The molecule has 0 spiro atoms. The van der Waals surface area contributed by atoms with Crippen LogP contribution in [-0.4, -0.2) is 82.9 Å². The first-order valence-corrected chi connectivity index (χ1v) is 17.0. The number of hydrogen-bond donors (Lipinski definition) is 3. The number of allylic oxidation sites excluding steroid dienone is 1. The number of unbranched alkanes of at least 4 members (excludes halogenated alkanes) is 2. The van der Waals surface area contributed by atoms with Crippen LogP contribution in [0.25, 0.3) is 0 Å². The number of carbonyl (C=O) groups excluding carboxylic acids is 1. The minimum Gasteiger partial charge on any atom is -0.508 e. The zero-order valence-electron chi connectivity index (χ0n) is 28.5. The summed E-state index contributed by atoms with van der Waals surface area (Å²) in [7, 11) is 1.70. The van der Waals surface area contributed by atoms with E-state index >= 15 is 0 Å². The van der Waals surface area contributed by atoms with Crippen LogP contribution in [0.3, 0.4) is 0 Å². The second kappa shape index (κ2) is 16.2. The second-order valence-corrected chi connectivity index (χ2v) is 13.8. The summed E-state index contributed by atoms with van der Waals surface area (Å²) < 4.78 is 19.4. The van der Waals surface area contributed by atoms with Crippen LogP contribution in [0.2, 0.25) is 0 Å². The van der Waals surface area contributed by atoms with Gasteiger partial charge in [0.1, 0.15) is 23.1 Å². The van der Waals surface area contributed by atoms with Crippen LogP contribution in [0.5, 0.6) is 11.5 Å². The number of carbonyl (C=O) groups is 1. The Hall–Kier alpha value is -3.34. The Morgan fingerprint density at radius 3 is 2.51 bits per heavy atom. The Kier molecular flexibility index (Phi) is 12.6. The van der Waals surface area contributed by atoms with E-state index < -0.39 is 29.4 Å². The van der Waals surface area contributed by atoms with E-state index in [4.69, 9.17) is 24.2 Å². The van der Waals surface area contributed by atoms with Gasteiger partial charge < -0.3 is 39.3 Å². The van der Waals surface area contributed by atoms with Gasteiger partial charge >= 0.3 is 6.09 Å². The summed E-state index contributed by atoms with van der Waals surface area (Å²) in [6, 6.07) is 4.49. The van der Waals surface area contributed by atoms with Crippen LogP contribution in [-0.2, 0) is 14.3 Å². The van der Waals surface area contributed by atoms with Crippen molar-refractivity contribution in [3.8, 4) is 11.5 Å². The molecule has 1 saturated carbocycles. The number of nitrogens with zero attached hydrogens (tertiary/aromatic N) is 2. The van der Waals surface area contributed by atoms with Gasteiger partial charge in [0.05, 0.1) is 24.8 Å². The fraction of sp³-hybridized carbons (Fsp3) is 0.622. The number of hydrogen-bond acceptors (Lipinski definition) is 9. The third-order valence-electron chi connectivity index (χ3n) is 9.39. The van der Waals surface area contributed by atoms with Crippen molar-refractivity contribution in [1.29, 1.82) is 0 Å². The molecule has 0 unspecified atom stereocenters. The van der Waals surface area contributed by atoms with Gasteiger partial charge in [-0.2, -0.15) is 0 Å². The number of phenols is 1. The average Bonchev–Trinajstić information content (AvgIpc) is 3.03. The van der Waals surface area contributed by atoms with Crippen LogP contribution in [0.1, 0.15) is 83.6 Å². The maximum absolute atomic E-state index is 13.6. The third kappa shape index (κ3) is 8.21. The number of aliphatic hydroxyl groups excluding tert-OH is 2. The van der Waals surface area contributed by atoms with Gasteiger partial charge in [0, 0.05) is 38.2 Å². The quantitative estimate of drug-likeness (QED) is 0.105. The predicted octanol–water partition coefficient (Wildman–Crippen LogP) is 6.47. The molecular formula is C37H54N2O8. The first-order chi connectivity index (χ1) is 22.5. The standard InChI is InChI=1S/C37H54N2O8/c1-7-9-21-44-35(43)39(6)32-24-30(38-47-36(3,4)5)28-22-25(14-10-12-18-40)27(15-11-13-19-41)33-29-23-26(42)16-17-31(29)46-37(32,34(28)33)45-20-8-2/h7-8,16-17,22-23,25,27,32-34,40-42H,1-2,9-15,18-21,24H2,3-6H3/t25-,27+,32-,33+,34+,37+/m0/s1. The number of phenolic OH excluding ortho intramolecular Hbond substituents is 1. The maximum atomic E-state index is 13.6. The summed E-state index contributed by atoms with van der Waals surface area (Å²) >= 11 is 0. The van der Waals surface area contributed by atoms with E-state index in [-0.39, 0.29) is 56.4 Å². The summed E-state index contributed by atoms with van der Waals surface area (Å²) in [5, 5.41) is 34.9. The van der Waals surface area contributed by atoms with Crippen LogP contribution < -0.4 is 4.74 Å². The lowest BCUT2D eigenvalue weighted by atomic mass is 9.55. The smallest absolute Gasteiger partial charge is 0.409 e. The summed E-state index contributed by atoms with van der Waals surface area (Å²) in [6.07, 6.45) is 10.6. The highest BCUT2D eigenvalue weighted by Gasteiger charge is 2.65. The maximum Gasteiger partial charge on any atom is 0.409 e. The molecule has 0 aromatic heterocycles. The van der Waals surface area contributed by atoms with E-state index in [1.165, 1.54) is 0 Å². The van der Waals surface area contributed by atoms with Crippen molar-refractivity contribution in [2.24, 2.45) is 22.9 Å². The van der Waals surface area contributed by atoms with Gasteiger partial charge in [0.15, 0.2) is 0 Å². The van der Waals surface area contributed by atoms with Crippen LogP contribution in [0.15, 0.2) is 60.3 Å². The molecule has 10 nitrogen and oxygen atoms in total. The lowest BCUT2D eigenvalue weighted by molar-refractivity contribution is -0.253. The molecule has 6 atom stereocenters. The Bertz CT molecular complexity index is 1300. The van der Waals surface area contributed by atoms with Crippen LogP contribution in [0, 0.1) is 17.8 Å². The summed E-state index contributed by atoms with van der Waals surface area (Å²) in [5.74, 6) is -1.07. The number of fused-ring (bicyclic) bond motifs is 2. The van der Waals surface area contributed by atoms with Crippen molar-refractivity contribution in [2.45, 2.75) is 95.5 Å². The summed E-state index contributed by atoms with van der Waals surface area (Å²) in [6.45, 7) is 14.0. The fourth-order valence-electron chi connectivity index (χ4n) is 7.39. The number of likely N-dealkylation sites (N-methyl/N-ethyl adjacent to an activating group) is 1. The molecule has 3 N–H and O–H groups in total. The summed E-state index contributed by atoms with van der Waals surface area (Å²) in [5.41, 5.74) is 1.95. The lowest BCUT2D eigenvalue weighted by Crippen LogP contribution is -2.69. The Morgan fingerprint density at radius 2 is 1.85 bits per heavy atom. The largest absolute Gasteiger partial charge is 0.508 e. The van der Waals surface area contributed by atoms with E-state index in [1.807, 2.05) is 20.8 Å².